The quantitative estimate of drug-likeness (QED) is 0.406. The van der Waals surface area contributed by atoms with Gasteiger partial charge in [-0.3, -0.25) is 14.7 Å². The van der Waals surface area contributed by atoms with E-state index in [0.29, 0.717) is 5.56 Å². The van der Waals surface area contributed by atoms with Crippen LogP contribution in [-0.2, 0) is 5.41 Å². The van der Waals surface area contributed by atoms with Crippen LogP contribution in [0.4, 0.5) is 11.4 Å². The molecule has 0 unspecified atom stereocenters. The molecule has 4 aromatic rings. The molecule has 0 N–H and O–H groups in total. The van der Waals surface area contributed by atoms with E-state index in [2.05, 4.69) is 25.8 Å². The van der Waals surface area contributed by atoms with Gasteiger partial charge in [0.25, 0.3) is 5.91 Å². The molecule has 29 heavy (non-hydrogen) atoms. The second-order valence-electron chi connectivity index (χ2n) is 8.16. The second-order valence-corrected chi connectivity index (χ2v) is 8.16. The number of nitrogens with zero attached hydrogens (tertiary/aromatic N) is 2. The predicted octanol–water partition coefficient (Wildman–Crippen LogP) is 6.51. The maximum Gasteiger partial charge on any atom is 0.262 e. The number of anilines is 2. The number of benzene rings is 3. The molecule has 0 saturated heterocycles. The van der Waals surface area contributed by atoms with Gasteiger partial charge in [0.2, 0.25) is 0 Å². The van der Waals surface area contributed by atoms with Gasteiger partial charge in [-0.25, -0.2) is 0 Å². The third-order valence-electron chi connectivity index (χ3n) is 5.07. The standard InChI is InChI=1S/C26H24N2O/c1-26(2,3)21-16-14-20(15-17-21)25(29)28(22-11-5-4-6-12-22)23-13-7-9-19-10-8-18-27-24(19)23/h4-18H,1-3H3. The molecule has 1 amide bonds. The van der Waals surface area contributed by atoms with Gasteiger partial charge in [0, 0.05) is 22.8 Å². The van der Waals surface area contributed by atoms with Crippen molar-refractivity contribution < 1.29 is 4.79 Å². The second kappa shape index (κ2) is 7.51. The number of carbonyl (C=O) groups excluding carboxylic acids is 1. The van der Waals surface area contributed by atoms with E-state index in [-0.39, 0.29) is 11.3 Å². The van der Waals surface area contributed by atoms with Crippen molar-refractivity contribution in [3.63, 3.8) is 0 Å². The van der Waals surface area contributed by atoms with E-state index in [9.17, 15) is 4.79 Å². The topological polar surface area (TPSA) is 33.2 Å². The van der Waals surface area contributed by atoms with Gasteiger partial charge < -0.3 is 0 Å². The molecule has 0 aliphatic rings. The fourth-order valence-electron chi connectivity index (χ4n) is 3.45. The van der Waals surface area contributed by atoms with Crippen LogP contribution in [-0.4, -0.2) is 10.9 Å². The van der Waals surface area contributed by atoms with E-state index in [4.69, 9.17) is 0 Å². The fourth-order valence-corrected chi connectivity index (χ4v) is 3.45. The van der Waals surface area contributed by atoms with Gasteiger partial charge in [0.1, 0.15) is 0 Å². The number of hydrogen-bond donors (Lipinski definition) is 0. The first kappa shape index (κ1) is 18.9. The smallest absolute Gasteiger partial charge is 0.262 e. The highest BCUT2D eigenvalue weighted by Gasteiger charge is 2.23. The summed E-state index contributed by atoms with van der Waals surface area (Å²) in [6.07, 6.45) is 1.76. The largest absolute Gasteiger partial charge is 0.275 e. The third-order valence-corrected chi connectivity index (χ3v) is 5.07. The molecule has 3 aromatic carbocycles. The summed E-state index contributed by atoms with van der Waals surface area (Å²) >= 11 is 0. The minimum atomic E-state index is -0.0742. The number of fused-ring (bicyclic) bond motifs is 1. The minimum Gasteiger partial charge on any atom is -0.275 e. The maximum atomic E-state index is 13.6. The van der Waals surface area contributed by atoms with Crippen molar-refractivity contribution >= 4 is 28.2 Å². The van der Waals surface area contributed by atoms with Crippen LogP contribution in [0.15, 0.2) is 91.1 Å². The molecule has 0 radical (unpaired) electrons. The molecule has 0 aliphatic carbocycles. The van der Waals surface area contributed by atoms with Crippen molar-refractivity contribution in [2.75, 3.05) is 4.90 Å². The number of amides is 1. The van der Waals surface area contributed by atoms with Crippen LogP contribution in [0.25, 0.3) is 10.9 Å². The van der Waals surface area contributed by atoms with Crippen molar-refractivity contribution in [2.24, 2.45) is 0 Å². The number of aromatic nitrogens is 1. The van der Waals surface area contributed by atoms with Crippen LogP contribution in [0, 0.1) is 0 Å². The number of pyridine rings is 1. The lowest BCUT2D eigenvalue weighted by molar-refractivity contribution is 0.0999. The highest BCUT2D eigenvalue weighted by atomic mass is 16.2. The molecule has 0 atom stereocenters. The molecule has 144 valence electrons. The lowest BCUT2D eigenvalue weighted by atomic mass is 9.86. The Balaban J connectivity index is 1.85. The number of carbonyl (C=O) groups is 1. The molecular formula is C26H24N2O. The molecule has 1 aromatic heterocycles. The van der Waals surface area contributed by atoms with Gasteiger partial charge in [-0.05, 0) is 47.4 Å². The van der Waals surface area contributed by atoms with Gasteiger partial charge in [0.05, 0.1) is 11.2 Å². The van der Waals surface area contributed by atoms with Gasteiger partial charge in [0.15, 0.2) is 0 Å². The van der Waals surface area contributed by atoms with E-state index in [1.165, 1.54) is 5.56 Å². The average Bonchev–Trinajstić information content (AvgIpc) is 2.74. The van der Waals surface area contributed by atoms with Crippen molar-refractivity contribution in [1.82, 2.24) is 4.98 Å². The summed E-state index contributed by atoms with van der Waals surface area (Å²) in [6.45, 7) is 6.51. The zero-order chi connectivity index (χ0) is 20.4. The van der Waals surface area contributed by atoms with E-state index in [1.807, 2.05) is 84.9 Å². The monoisotopic (exact) mass is 380 g/mol. The molecule has 0 fully saturated rings. The molecule has 4 rings (SSSR count). The first-order valence-corrected chi connectivity index (χ1v) is 9.79. The predicted molar refractivity (Wildman–Crippen MR) is 120 cm³/mol. The molecule has 3 nitrogen and oxygen atoms in total. The summed E-state index contributed by atoms with van der Waals surface area (Å²) < 4.78 is 0. The molecule has 1 heterocycles. The Morgan fingerprint density at radius 2 is 1.48 bits per heavy atom. The van der Waals surface area contributed by atoms with Crippen LogP contribution < -0.4 is 4.90 Å². The molecule has 0 aliphatic heterocycles. The number of hydrogen-bond acceptors (Lipinski definition) is 2. The first-order valence-electron chi connectivity index (χ1n) is 9.79. The normalized spacial score (nSPS) is 11.4. The molecule has 0 bridgehead atoms. The maximum absolute atomic E-state index is 13.6. The molecular weight excluding hydrogens is 356 g/mol. The highest BCUT2D eigenvalue weighted by Crippen LogP contribution is 2.33. The third kappa shape index (κ3) is 3.77. The Morgan fingerprint density at radius 3 is 2.17 bits per heavy atom. The first-order chi connectivity index (χ1) is 13.9. The van der Waals surface area contributed by atoms with Crippen LogP contribution in [0.3, 0.4) is 0 Å². The van der Waals surface area contributed by atoms with E-state index < -0.39 is 0 Å². The van der Waals surface area contributed by atoms with Gasteiger partial charge in [-0.2, -0.15) is 0 Å². The zero-order valence-electron chi connectivity index (χ0n) is 17.0. The van der Waals surface area contributed by atoms with E-state index in [1.54, 1.807) is 11.1 Å². The van der Waals surface area contributed by atoms with Gasteiger partial charge in [-0.1, -0.05) is 69.3 Å². The average molecular weight is 380 g/mol. The van der Waals surface area contributed by atoms with Crippen LogP contribution >= 0.6 is 0 Å². The summed E-state index contributed by atoms with van der Waals surface area (Å²) in [5, 5.41) is 1.00. The molecule has 3 heteroatoms. The van der Waals surface area contributed by atoms with Crippen LogP contribution in [0.1, 0.15) is 36.7 Å². The van der Waals surface area contributed by atoms with E-state index >= 15 is 0 Å². The fraction of sp³-hybridized carbons (Fsp3) is 0.154. The highest BCUT2D eigenvalue weighted by molar-refractivity contribution is 6.14. The summed E-state index contributed by atoms with van der Waals surface area (Å²) in [7, 11) is 0. The molecule has 0 saturated carbocycles. The summed E-state index contributed by atoms with van der Waals surface area (Å²) in [6, 6.07) is 27.5. The zero-order valence-corrected chi connectivity index (χ0v) is 17.0. The van der Waals surface area contributed by atoms with Gasteiger partial charge >= 0.3 is 0 Å². The van der Waals surface area contributed by atoms with Crippen LogP contribution in [0.2, 0.25) is 0 Å². The summed E-state index contributed by atoms with van der Waals surface area (Å²) in [4.78, 5) is 20.0. The SMILES string of the molecule is CC(C)(C)c1ccc(C(=O)N(c2ccccc2)c2cccc3cccnc23)cc1. The lowest BCUT2D eigenvalue weighted by Crippen LogP contribution is -2.26. The van der Waals surface area contributed by atoms with Gasteiger partial charge in [-0.15, -0.1) is 0 Å². The lowest BCUT2D eigenvalue weighted by Gasteiger charge is -2.25. The minimum absolute atomic E-state index is 0.0419. The number of rotatable bonds is 3. The summed E-state index contributed by atoms with van der Waals surface area (Å²) in [5.74, 6) is -0.0742. The number of para-hydroxylation sites is 2. The Bertz CT molecular complexity index is 1140. The van der Waals surface area contributed by atoms with Crippen molar-refractivity contribution in [3.05, 3.63) is 102 Å². The van der Waals surface area contributed by atoms with Crippen molar-refractivity contribution in [2.45, 2.75) is 26.2 Å². The summed E-state index contributed by atoms with van der Waals surface area (Å²) in [5.41, 5.74) is 4.29. The Labute approximate surface area is 171 Å². The Hall–Kier alpha value is -3.46. The molecule has 0 spiro atoms. The Kier molecular flexibility index (Phi) is 4.89. The van der Waals surface area contributed by atoms with Crippen molar-refractivity contribution in [3.8, 4) is 0 Å². The van der Waals surface area contributed by atoms with Crippen molar-refractivity contribution in [1.29, 1.82) is 0 Å². The Morgan fingerprint density at radius 1 is 0.793 bits per heavy atom. The van der Waals surface area contributed by atoms with E-state index in [0.717, 1.165) is 22.3 Å². The van der Waals surface area contributed by atoms with Crippen LogP contribution in [0.5, 0.6) is 0 Å².